The van der Waals surface area contributed by atoms with Crippen LogP contribution in [0.25, 0.3) is 0 Å². The molecule has 74 valence electrons. The van der Waals surface area contributed by atoms with E-state index in [4.69, 9.17) is 10.4 Å². The first-order chi connectivity index (χ1) is 6.04. The Kier molecular flexibility index (Phi) is 4.90. The molecule has 0 saturated carbocycles. The first-order valence-electron chi connectivity index (χ1n) is 4.46. The SMILES string of the molecule is CCCCCC(C)(C#N)NC(=O)O. The average molecular weight is 184 g/mol. The van der Waals surface area contributed by atoms with Gasteiger partial charge in [0.25, 0.3) is 0 Å². The van der Waals surface area contributed by atoms with Crippen molar-refractivity contribution in [1.82, 2.24) is 5.32 Å². The maximum atomic E-state index is 10.3. The van der Waals surface area contributed by atoms with Crippen molar-refractivity contribution in [3.05, 3.63) is 0 Å². The summed E-state index contributed by atoms with van der Waals surface area (Å²) < 4.78 is 0. The number of rotatable bonds is 5. The highest BCUT2D eigenvalue weighted by Crippen LogP contribution is 2.13. The van der Waals surface area contributed by atoms with Crippen LogP contribution in [0.2, 0.25) is 0 Å². The largest absolute Gasteiger partial charge is 0.465 e. The Morgan fingerprint density at radius 2 is 2.23 bits per heavy atom. The lowest BCUT2D eigenvalue weighted by Crippen LogP contribution is -2.44. The van der Waals surface area contributed by atoms with Crippen molar-refractivity contribution in [3.8, 4) is 6.07 Å². The maximum Gasteiger partial charge on any atom is 0.405 e. The molecule has 0 rings (SSSR count). The summed E-state index contributed by atoms with van der Waals surface area (Å²) in [6.45, 7) is 3.67. The fourth-order valence-corrected chi connectivity index (χ4v) is 1.11. The van der Waals surface area contributed by atoms with Gasteiger partial charge in [-0.05, 0) is 13.3 Å². The molecule has 0 heterocycles. The van der Waals surface area contributed by atoms with Gasteiger partial charge >= 0.3 is 6.09 Å². The van der Waals surface area contributed by atoms with Crippen molar-refractivity contribution in [1.29, 1.82) is 5.26 Å². The molecule has 0 aromatic carbocycles. The predicted molar refractivity (Wildman–Crippen MR) is 49.3 cm³/mol. The van der Waals surface area contributed by atoms with Crippen LogP contribution in [0.5, 0.6) is 0 Å². The third-order valence-electron chi connectivity index (χ3n) is 1.91. The number of unbranched alkanes of at least 4 members (excludes halogenated alkanes) is 2. The molecule has 0 aromatic heterocycles. The third-order valence-corrected chi connectivity index (χ3v) is 1.91. The Hall–Kier alpha value is -1.24. The van der Waals surface area contributed by atoms with Crippen LogP contribution in [0, 0.1) is 11.3 Å². The molecule has 0 radical (unpaired) electrons. The van der Waals surface area contributed by atoms with E-state index in [9.17, 15) is 4.79 Å². The molecule has 0 aliphatic heterocycles. The van der Waals surface area contributed by atoms with Crippen molar-refractivity contribution in [2.75, 3.05) is 0 Å². The molecule has 0 fully saturated rings. The Labute approximate surface area is 78.6 Å². The highest BCUT2D eigenvalue weighted by atomic mass is 16.4. The average Bonchev–Trinajstić information content (AvgIpc) is 2.04. The third kappa shape index (κ3) is 5.07. The van der Waals surface area contributed by atoms with Gasteiger partial charge in [0, 0.05) is 0 Å². The van der Waals surface area contributed by atoms with E-state index in [1.807, 2.05) is 6.07 Å². The highest BCUT2D eigenvalue weighted by Gasteiger charge is 2.24. The summed E-state index contributed by atoms with van der Waals surface area (Å²) in [6.07, 6.45) is 2.40. The van der Waals surface area contributed by atoms with E-state index in [1.165, 1.54) is 0 Å². The monoisotopic (exact) mass is 184 g/mol. The minimum Gasteiger partial charge on any atom is -0.465 e. The summed E-state index contributed by atoms with van der Waals surface area (Å²) in [5.74, 6) is 0. The number of hydrogen-bond acceptors (Lipinski definition) is 2. The molecule has 13 heavy (non-hydrogen) atoms. The van der Waals surface area contributed by atoms with Gasteiger partial charge in [0.15, 0.2) is 0 Å². The second-order valence-corrected chi connectivity index (χ2v) is 3.33. The Balaban J connectivity index is 3.98. The smallest absolute Gasteiger partial charge is 0.405 e. The molecule has 0 bridgehead atoms. The van der Waals surface area contributed by atoms with Gasteiger partial charge in [-0.1, -0.05) is 26.2 Å². The summed E-state index contributed by atoms with van der Waals surface area (Å²) in [5, 5.41) is 19.5. The standard InChI is InChI=1S/C9H16N2O2/c1-3-4-5-6-9(2,7-10)11-8(12)13/h11H,3-6H2,1-2H3,(H,12,13). The number of nitriles is 1. The normalized spacial score (nSPS) is 14.2. The van der Waals surface area contributed by atoms with E-state index in [2.05, 4.69) is 12.2 Å². The topological polar surface area (TPSA) is 73.1 Å². The number of hydrogen-bond donors (Lipinski definition) is 2. The van der Waals surface area contributed by atoms with Crippen LogP contribution in [-0.2, 0) is 0 Å². The zero-order valence-electron chi connectivity index (χ0n) is 8.13. The fraction of sp³-hybridized carbons (Fsp3) is 0.778. The Morgan fingerprint density at radius 3 is 2.62 bits per heavy atom. The zero-order valence-corrected chi connectivity index (χ0v) is 8.13. The quantitative estimate of drug-likeness (QED) is 0.643. The van der Waals surface area contributed by atoms with Crippen LogP contribution in [0.1, 0.15) is 39.5 Å². The first-order valence-corrected chi connectivity index (χ1v) is 4.46. The molecule has 2 N–H and O–H groups in total. The number of carboxylic acid groups (broad SMARTS) is 1. The number of nitrogens with zero attached hydrogens (tertiary/aromatic N) is 1. The van der Waals surface area contributed by atoms with Crippen molar-refractivity contribution >= 4 is 6.09 Å². The fourth-order valence-electron chi connectivity index (χ4n) is 1.11. The second-order valence-electron chi connectivity index (χ2n) is 3.33. The van der Waals surface area contributed by atoms with Gasteiger partial charge in [-0.3, -0.25) is 0 Å². The summed E-state index contributed by atoms with van der Waals surface area (Å²) in [7, 11) is 0. The van der Waals surface area contributed by atoms with Gasteiger partial charge in [0.1, 0.15) is 5.54 Å². The molecule has 1 unspecified atom stereocenters. The maximum absolute atomic E-state index is 10.3. The molecule has 4 nitrogen and oxygen atoms in total. The second kappa shape index (κ2) is 5.41. The van der Waals surface area contributed by atoms with Gasteiger partial charge < -0.3 is 10.4 Å². The first kappa shape index (κ1) is 11.8. The van der Waals surface area contributed by atoms with E-state index in [-0.39, 0.29) is 0 Å². The molecule has 1 atom stereocenters. The highest BCUT2D eigenvalue weighted by molar-refractivity contribution is 5.66. The van der Waals surface area contributed by atoms with E-state index >= 15 is 0 Å². The van der Waals surface area contributed by atoms with Crippen LogP contribution in [0.15, 0.2) is 0 Å². The van der Waals surface area contributed by atoms with E-state index in [0.717, 1.165) is 19.3 Å². The molecular weight excluding hydrogens is 168 g/mol. The van der Waals surface area contributed by atoms with Gasteiger partial charge in [0.2, 0.25) is 0 Å². The van der Waals surface area contributed by atoms with E-state index in [1.54, 1.807) is 6.92 Å². The Bertz CT molecular complexity index is 210. The molecule has 1 amide bonds. The summed E-state index contributed by atoms with van der Waals surface area (Å²) in [5.41, 5.74) is -0.930. The van der Waals surface area contributed by atoms with Gasteiger partial charge in [-0.2, -0.15) is 5.26 Å². The molecule has 0 aliphatic rings. The number of nitrogens with one attached hydrogen (secondary N) is 1. The van der Waals surface area contributed by atoms with E-state index in [0.29, 0.717) is 6.42 Å². The predicted octanol–water partition coefficient (Wildman–Crippen LogP) is 2.12. The lowest BCUT2D eigenvalue weighted by Gasteiger charge is -2.20. The minimum absolute atomic E-state index is 0.573. The summed E-state index contributed by atoms with van der Waals surface area (Å²) >= 11 is 0. The lowest BCUT2D eigenvalue weighted by molar-refractivity contribution is 0.184. The van der Waals surface area contributed by atoms with E-state index < -0.39 is 11.6 Å². The van der Waals surface area contributed by atoms with Gasteiger partial charge in [-0.15, -0.1) is 0 Å². The molecular formula is C9H16N2O2. The van der Waals surface area contributed by atoms with Crippen LogP contribution in [-0.4, -0.2) is 16.7 Å². The molecule has 0 aliphatic carbocycles. The Morgan fingerprint density at radius 1 is 1.62 bits per heavy atom. The minimum atomic E-state index is -1.14. The van der Waals surface area contributed by atoms with Crippen molar-refractivity contribution in [2.24, 2.45) is 0 Å². The summed E-state index contributed by atoms with van der Waals surface area (Å²) in [4.78, 5) is 10.3. The molecule has 0 aromatic rings. The van der Waals surface area contributed by atoms with Crippen molar-refractivity contribution in [2.45, 2.75) is 45.1 Å². The van der Waals surface area contributed by atoms with Crippen LogP contribution in [0.3, 0.4) is 0 Å². The van der Waals surface area contributed by atoms with Crippen LogP contribution in [0.4, 0.5) is 4.79 Å². The van der Waals surface area contributed by atoms with Crippen molar-refractivity contribution in [3.63, 3.8) is 0 Å². The summed E-state index contributed by atoms with van der Waals surface area (Å²) in [6, 6.07) is 1.98. The lowest BCUT2D eigenvalue weighted by atomic mass is 9.96. The van der Waals surface area contributed by atoms with Crippen molar-refractivity contribution < 1.29 is 9.90 Å². The molecule has 0 spiro atoms. The molecule has 0 saturated heterocycles. The van der Waals surface area contributed by atoms with Crippen LogP contribution < -0.4 is 5.32 Å². The van der Waals surface area contributed by atoms with Gasteiger partial charge in [-0.25, -0.2) is 4.79 Å². The number of carbonyl (C=O) groups is 1. The number of amides is 1. The van der Waals surface area contributed by atoms with Gasteiger partial charge in [0.05, 0.1) is 6.07 Å². The van der Waals surface area contributed by atoms with Crippen LogP contribution >= 0.6 is 0 Å². The molecule has 4 heteroatoms. The zero-order chi connectivity index (χ0) is 10.3.